The number of benzene rings is 1. The molecule has 0 unspecified atom stereocenters. The van der Waals surface area contributed by atoms with Crippen molar-refractivity contribution in [1.29, 1.82) is 0 Å². The number of carbonyl (C=O) groups is 2. The lowest BCUT2D eigenvalue weighted by Gasteiger charge is -2.36. The lowest BCUT2D eigenvalue weighted by molar-refractivity contribution is -0.132. The van der Waals surface area contributed by atoms with E-state index in [1.807, 2.05) is 4.90 Å². The summed E-state index contributed by atoms with van der Waals surface area (Å²) < 4.78 is 28.1. The molecule has 8 nitrogen and oxygen atoms in total. The van der Waals surface area contributed by atoms with Gasteiger partial charge in [0.05, 0.1) is 16.3 Å². The Bertz CT molecular complexity index is 984. The van der Waals surface area contributed by atoms with E-state index in [4.69, 9.17) is 0 Å². The molecule has 0 radical (unpaired) electrons. The fraction of sp³-hybridized carbons (Fsp3) is 0.652. The van der Waals surface area contributed by atoms with Gasteiger partial charge in [-0.05, 0) is 49.9 Å². The van der Waals surface area contributed by atoms with Crippen molar-refractivity contribution in [3.05, 3.63) is 18.2 Å². The first-order chi connectivity index (χ1) is 15.8. The molecule has 1 aromatic carbocycles. The van der Waals surface area contributed by atoms with Gasteiger partial charge >= 0.3 is 0 Å². The Morgan fingerprint density at radius 1 is 1.09 bits per heavy atom. The first-order valence-electron chi connectivity index (χ1n) is 11.9. The van der Waals surface area contributed by atoms with E-state index < -0.39 is 10.0 Å². The second-order valence-corrected chi connectivity index (χ2v) is 12.2. The molecule has 3 heterocycles. The number of amides is 2. The zero-order chi connectivity index (χ0) is 23.6. The van der Waals surface area contributed by atoms with E-state index in [1.165, 1.54) is 21.0 Å². The van der Waals surface area contributed by atoms with E-state index in [0.717, 1.165) is 43.8 Å². The molecule has 0 aromatic heterocycles. The lowest BCUT2D eigenvalue weighted by atomic mass is 10.0. The van der Waals surface area contributed by atoms with Crippen LogP contribution in [0.15, 0.2) is 28.0 Å². The Morgan fingerprint density at radius 2 is 1.79 bits per heavy atom. The van der Waals surface area contributed by atoms with Crippen LogP contribution in [0.1, 0.15) is 33.1 Å². The highest BCUT2D eigenvalue weighted by molar-refractivity contribution is 8.00. The summed E-state index contributed by atoms with van der Waals surface area (Å²) in [5.74, 6) is 0.530. The average molecular weight is 495 g/mol. The first kappa shape index (κ1) is 24.5. The average Bonchev–Trinajstić information content (AvgIpc) is 2.81. The normalized spacial score (nSPS) is 21.3. The summed E-state index contributed by atoms with van der Waals surface area (Å²) in [6.45, 7) is 9.30. The van der Waals surface area contributed by atoms with E-state index >= 15 is 0 Å². The van der Waals surface area contributed by atoms with E-state index in [2.05, 4.69) is 18.7 Å². The van der Waals surface area contributed by atoms with Crippen LogP contribution in [0.3, 0.4) is 0 Å². The molecular weight excluding hydrogens is 460 g/mol. The Kier molecular flexibility index (Phi) is 7.67. The van der Waals surface area contributed by atoms with Gasteiger partial charge < -0.3 is 9.80 Å². The second kappa shape index (κ2) is 10.3. The number of thioether (sulfide) groups is 1. The Labute approximate surface area is 201 Å². The summed E-state index contributed by atoms with van der Waals surface area (Å²) in [5, 5.41) is 0. The first-order valence-corrected chi connectivity index (χ1v) is 14.3. The number of sulfonamides is 1. The Balaban J connectivity index is 1.51. The molecule has 3 aliphatic heterocycles. The third-order valence-electron chi connectivity index (χ3n) is 6.81. The smallest absolute Gasteiger partial charge is 0.243 e. The predicted molar refractivity (Wildman–Crippen MR) is 130 cm³/mol. The zero-order valence-electron chi connectivity index (χ0n) is 19.5. The highest BCUT2D eigenvalue weighted by Crippen LogP contribution is 2.38. The van der Waals surface area contributed by atoms with E-state index in [0.29, 0.717) is 37.8 Å². The lowest BCUT2D eigenvalue weighted by Crippen LogP contribution is -2.52. The number of nitrogens with zero attached hydrogens (tertiary/aromatic N) is 4. The van der Waals surface area contributed by atoms with Crippen molar-refractivity contribution in [2.75, 3.05) is 63.0 Å². The highest BCUT2D eigenvalue weighted by atomic mass is 32.2. The van der Waals surface area contributed by atoms with Crippen molar-refractivity contribution in [2.45, 2.75) is 42.9 Å². The van der Waals surface area contributed by atoms with Crippen LogP contribution in [0.25, 0.3) is 0 Å². The van der Waals surface area contributed by atoms with Crippen LogP contribution in [0.2, 0.25) is 0 Å². The fourth-order valence-electron chi connectivity index (χ4n) is 4.66. The molecule has 2 amide bonds. The van der Waals surface area contributed by atoms with Crippen molar-refractivity contribution >= 4 is 39.3 Å². The molecule has 33 heavy (non-hydrogen) atoms. The summed E-state index contributed by atoms with van der Waals surface area (Å²) in [5.41, 5.74) is 0.528. The SMILES string of the molecule is CCCN1CCN(C(=O)CN2C(=O)CSc3ccc(S(=O)(=O)N4CCC(C)CC4)cc32)CC1. The van der Waals surface area contributed by atoms with Gasteiger partial charge in [-0.25, -0.2) is 8.42 Å². The number of hydrogen-bond donors (Lipinski definition) is 0. The van der Waals surface area contributed by atoms with Gasteiger partial charge in [0.15, 0.2) is 0 Å². The Hall–Kier alpha value is -1.62. The molecule has 2 saturated heterocycles. The maximum Gasteiger partial charge on any atom is 0.243 e. The molecule has 2 fully saturated rings. The summed E-state index contributed by atoms with van der Waals surface area (Å²) >= 11 is 1.39. The standard InChI is InChI=1S/C23H34N4O4S2/c1-3-8-24-11-13-25(14-12-24)22(28)16-27-20-15-19(4-5-21(20)32-17-23(27)29)33(30,31)26-9-6-18(2)7-10-26/h4-5,15,18H,3,6-14,16-17H2,1-2H3. The molecule has 3 aliphatic rings. The third kappa shape index (κ3) is 5.39. The maximum atomic E-state index is 13.3. The number of hydrogen-bond acceptors (Lipinski definition) is 6. The van der Waals surface area contributed by atoms with Crippen molar-refractivity contribution in [1.82, 2.24) is 14.1 Å². The molecule has 0 aliphatic carbocycles. The predicted octanol–water partition coefficient (Wildman–Crippen LogP) is 2.10. The quantitative estimate of drug-likeness (QED) is 0.603. The van der Waals surface area contributed by atoms with Crippen LogP contribution in [0, 0.1) is 5.92 Å². The number of fused-ring (bicyclic) bond motifs is 1. The summed E-state index contributed by atoms with van der Waals surface area (Å²) in [6, 6.07) is 4.98. The molecular formula is C23H34N4O4S2. The molecule has 0 saturated carbocycles. The minimum absolute atomic E-state index is 0.0507. The van der Waals surface area contributed by atoms with Gasteiger partial charge in [-0.15, -0.1) is 11.8 Å². The van der Waals surface area contributed by atoms with Crippen LogP contribution in [-0.4, -0.2) is 92.4 Å². The summed E-state index contributed by atoms with van der Waals surface area (Å²) in [4.78, 5) is 32.5. The van der Waals surface area contributed by atoms with E-state index in [1.54, 1.807) is 18.2 Å². The number of rotatable bonds is 6. The largest absolute Gasteiger partial charge is 0.339 e. The van der Waals surface area contributed by atoms with Gasteiger partial charge in [-0.3, -0.25) is 14.5 Å². The molecule has 0 atom stereocenters. The summed E-state index contributed by atoms with van der Waals surface area (Å²) in [6.07, 6.45) is 2.79. The third-order valence-corrected chi connectivity index (χ3v) is 9.75. The number of carbonyl (C=O) groups excluding carboxylic acids is 2. The topological polar surface area (TPSA) is 81.2 Å². The van der Waals surface area contributed by atoms with Crippen molar-refractivity contribution in [2.24, 2.45) is 5.92 Å². The van der Waals surface area contributed by atoms with Crippen LogP contribution in [0.5, 0.6) is 0 Å². The molecule has 182 valence electrons. The van der Waals surface area contributed by atoms with E-state index in [9.17, 15) is 18.0 Å². The van der Waals surface area contributed by atoms with Crippen LogP contribution >= 0.6 is 11.8 Å². The van der Waals surface area contributed by atoms with Crippen molar-refractivity contribution < 1.29 is 18.0 Å². The molecule has 0 bridgehead atoms. The monoisotopic (exact) mass is 494 g/mol. The van der Waals surface area contributed by atoms with Crippen LogP contribution in [0.4, 0.5) is 5.69 Å². The second-order valence-electron chi connectivity index (χ2n) is 9.21. The Morgan fingerprint density at radius 3 is 2.45 bits per heavy atom. The number of piperidine rings is 1. The molecule has 0 N–H and O–H groups in total. The van der Waals surface area contributed by atoms with Crippen LogP contribution < -0.4 is 4.90 Å². The van der Waals surface area contributed by atoms with Gasteiger partial charge in [-0.2, -0.15) is 4.31 Å². The molecule has 1 aromatic rings. The van der Waals surface area contributed by atoms with Gasteiger partial charge in [0.2, 0.25) is 21.8 Å². The summed E-state index contributed by atoms with van der Waals surface area (Å²) in [7, 11) is -3.64. The van der Waals surface area contributed by atoms with Crippen molar-refractivity contribution in [3.63, 3.8) is 0 Å². The number of anilines is 1. The van der Waals surface area contributed by atoms with E-state index in [-0.39, 0.29) is 29.0 Å². The minimum Gasteiger partial charge on any atom is -0.339 e. The van der Waals surface area contributed by atoms with Gasteiger partial charge in [0.1, 0.15) is 6.54 Å². The maximum absolute atomic E-state index is 13.3. The highest BCUT2D eigenvalue weighted by Gasteiger charge is 2.33. The van der Waals surface area contributed by atoms with Crippen LogP contribution in [-0.2, 0) is 19.6 Å². The van der Waals surface area contributed by atoms with Gasteiger partial charge in [-0.1, -0.05) is 13.8 Å². The molecule has 10 heteroatoms. The van der Waals surface area contributed by atoms with Gasteiger partial charge in [0, 0.05) is 44.2 Å². The molecule has 0 spiro atoms. The zero-order valence-corrected chi connectivity index (χ0v) is 21.2. The van der Waals surface area contributed by atoms with Crippen molar-refractivity contribution in [3.8, 4) is 0 Å². The fourth-order valence-corrected chi connectivity index (χ4v) is 7.07. The minimum atomic E-state index is -3.64. The molecule has 4 rings (SSSR count). The number of piperazine rings is 1. The van der Waals surface area contributed by atoms with Gasteiger partial charge in [0.25, 0.3) is 0 Å².